The van der Waals surface area contributed by atoms with Crippen LogP contribution in [0.25, 0.3) is 11.0 Å². The van der Waals surface area contributed by atoms with Gasteiger partial charge in [0.2, 0.25) is 0 Å². The van der Waals surface area contributed by atoms with Gasteiger partial charge in [-0.2, -0.15) is 0 Å². The standard InChI is InChI=1S/C18H16N2O2/c1-12-4-2-3-5-14(12)18(22)9-8-17(21)13-6-7-15-16(10-13)20-11-19-15/h2-7,10-11H,8-9H2,1H3,(H,19,20). The molecule has 1 heterocycles. The van der Waals surface area contributed by atoms with Crippen molar-refractivity contribution >= 4 is 22.6 Å². The van der Waals surface area contributed by atoms with Gasteiger partial charge in [0.05, 0.1) is 17.4 Å². The lowest BCUT2D eigenvalue weighted by Gasteiger charge is -2.04. The molecule has 3 aromatic rings. The molecule has 0 unspecified atom stereocenters. The van der Waals surface area contributed by atoms with E-state index >= 15 is 0 Å². The number of benzene rings is 2. The monoisotopic (exact) mass is 292 g/mol. The molecule has 0 amide bonds. The number of nitrogens with one attached hydrogen (secondary N) is 1. The highest BCUT2D eigenvalue weighted by molar-refractivity contribution is 6.03. The van der Waals surface area contributed by atoms with Gasteiger partial charge >= 0.3 is 0 Å². The highest BCUT2D eigenvalue weighted by atomic mass is 16.1. The normalized spacial score (nSPS) is 10.8. The molecule has 0 atom stereocenters. The van der Waals surface area contributed by atoms with Crippen molar-refractivity contribution in [2.24, 2.45) is 0 Å². The van der Waals surface area contributed by atoms with E-state index in [-0.39, 0.29) is 24.4 Å². The van der Waals surface area contributed by atoms with Crippen LogP contribution in [0.15, 0.2) is 48.8 Å². The van der Waals surface area contributed by atoms with Gasteiger partial charge in [0.1, 0.15) is 0 Å². The maximum Gasteiger partial charge on any atom is 0.163 e. The number of hydrogen-bond acceptors (Lipinski definition) is 3. The average Bonchev–Trinajstić information content (AvgIpc) is 3.00. The Morgan fingerprint density at radius 1 is 1.05 bits per heavy atom. The number of ketones is 2. The van der Waals surface area contributed by atoms with Crippen LogP contribution < -0.4 is 0 Å². The molecule has 110 valence electrons. The fraction of sp³-hybridized carbons (Fsp3) is 0.167. The smallest absolute Gasteiger partial charge is 0.163 e. The number of aromatic nitrogens is 2. The van der Waals surface area contributed by atoms with E-state index in [1.54, 1.807) is 24.5 Å². The predicted octanol–water partition coefficient (Wildman–Crippen LogP) is 3.72. The van der Waals surface area contributed by atoms with Gasteiger partial charge in [-0.15, -0.1) is 0 Å². The molecule has 0 saturated heterocycles. The predicted molar refractivity (Wildman–Crippen MR) is 85.2 cm³/mol. The summed E-state index contributed by atoms with van der Waals surface area (Å²) in [5.74, 6) is -0.0208. The Kier molecular flexibility index (Phi) is 3.83. The summed E-state index contributed by atoms with van der Waals surface area (Å²) in [5.41, 5.74) is 3.90. The first-order valence-electron chi connectivity index (χ1n) is 7.20. The van der Waals surface area contributed by atoms with Gasteiger partial charge in [0.15, 0.2) is 11.6 Å². The van der Waals surface area contributed by atoms with Crippen LogP contribution in [0.5, 0.6) is 0 Å². The van der Waals surface area contributed by atoms with Crippen molar-refractivity contribution in [3.63, 3.8) is 0 Å². The van der Waals surface area contributed by atoms with Crippen LogP contribution >= 0.6 is 0 Å². The summed E-state index contributed by atoms with van der Waals surface area (Å²) in [5, 5.41) is 0. The Bertz CT molecular complexity index is 849. The van der Waals surface area contributed by atoms with E-state index in [0.717, 1.165) is 16.6 Å². The van der Waals surface area contributed by atoms with E-state index < -0.39 is 0 Å². The maximum absolute atomic E-state index is 12.2. The minimum atomic E-state index is -0.0292. The second kappa shape index (κ2) is 5.93. The third kappa shape index (κ3) is 2.81. The molecule has 0 bridgehead atoms. The lowest BCUT2D eigenvalue weighted by Crippen LogP contribution is -2.06. The number of nitrogens with zero attached hydrogens (tertiary/aromatic N) is 1. The molecule has 0 aliphatic rings. The van der Waals surface area contributed by atoms with Gasteiger partial charge in [-0.25, -0.2) is 4.98 Å². The summed E-state index contributed by atoms with van der Waals surface area (Å²) in [7, 11) is 0. The van der Waals surface area contributed by atoms with Crippen LogP contribution in [0.2, 0.25) is 0 Å². The van der Waals surface area contributed by atoms with E-state index in [9.17, 15) is 9.59 Å². The molecule has 0 saturated carbocycles. The summed E-state index contributed by atoms with van der Waals surface area (Å²) < 4.78 is 0. The molecular weight excluding hydrogens is 276 g/mol. The number of aromatic amines is 1. The number of hydrogen-bond donors (Lipinski definition) is 1. The molecule has 0 aliphatic carbocycles. The zero-order valence-corrected chi connectivity index (χ0v) is 12.3. The molecule has 22 heavy (non-hydrogen) atoms. The maximum atomic E-state index is 12.2. The number of carbonyl (C=O) groups excluding carboxylic acids is 2. The zero-order chi connectivity index (χ0) is 15.5. The Morgan fingerprint density at radius 3 is 2.64 bits per heavy atom. The molecule has 0 aliphatic heterocycles. The molecule has 0 fully saturated rings. The molecule has 2 aromatic carbocycles. The van der Waals surface area contributed by atoms with Crippen molar-refractivity contribution in [3.8, 4) is 0 Å². The molecule has 3 rings (SSSR count). The minimum absolute atomic E-state index is 0.00840. The van der Waals surface area contributed by atoms with Crippen molar-refractivity contribution < 1.29 is 9.59 Å². The zero-order valence-electron chi connectivity index (χ0n) is 12.3. The quantitative estimate of drug-likeness (QED) is 0.729. The van der Waals surface area contributed by atoms with E-state index in [1.807, 2.05) is 31.2 Å². The van der Waals surface area contributed by atoms with Gasteiger partial charge in [-0.3, -0.25) is 9.59 Å². The topological polar surface area (TPSA) is 62.8 Å². The number of Topliss-reactive ketones (excluding diaryl/α,β-unsaturated/α-hetero) is 2. The summed E-state index contributed by atoms with van der Waals surface area (Å²) in [6.07, 6.45) is 2.04. The van der Waals surface area contributed by atoms with Crippen molar-refractivity contribution in [2.75, 3.05) is 0 Å². The number of carbonyl (C=O) groups is 2. The number of rotatable bonds is 5. The Labute approximate surface area is 128 Å². The molecule has 4 nitrogen and oxygen atoms in total. The van der Waals surface area contributed by atoms with Gasteiger partial charge in [0.25, 0.3) is 0 Å². The van der Waals surface area contributed by atoms with Crippen LogP contribution in [0.1, 0.15) is 39.1 Å². The average molecular weight is 292 g/mol. The summed E-state index contributed by atoms with van der Waals surface area (Å²) in [6, 6.07) is 12.8. The molecule has 4 heteroatoms. The first-order chi connectivity index (χ1) is 10.6. The van der Waals surface area contributed by atoms with Crippen LogP contribution in [0.3, 0.4) is 0 Å². The summed E-state index contributed by atoms with van der Waals surface area (Å²) >= 11 is 0. The van der Waals surface area contributed by atoms with E-state index in [1.165, 1.54) is 0 Å². The summed E-state index contributed by atoms with van der Waals surface area (Å²) in [4.78, 5) is 31.6. The van der Waals surface area contributed by atoms with Gasteiger partial charge in [-0.1, -0.05) is 24.3 Å². The lowest BCUT2D eigenvalue weighted by molar-refractivity contribution is 0.0917. The first-order valence-corrected chi connectivity index (χ1v) is 7.20. The fourth-order valence-corrected chi connectivity index (χ4v) is 2.50. The molecule has 1 aromatic heterocycles. The fourth-order valence-electron chi connectivity index (χ4n) is 2.50. The van der Waals surface area contributed by atoms with Gasteiger partial charge < -0.3 is 4.98 Å². The third-order valence-electron chi connectivity index (χ3n) is 3.77. The van der Waals surface area contributed by atoms with Crippen LogP contribution in [-0.2, 0) is 0 Å². The number of aryl methyl sites for hydroxylation is 1. The largest absolute Gasteiger partial charge is 0.345 e. The Balaban J connectivity index is 1.69. The highest BCUT2D eigenvalue weighted by Gasteiger charge is 2.13. The second-order valence-electron chi connectivity index (χ2n) is 5.30. The highest BCUT2D eigenvalue weighted by Crippen LogP contribution is 2.16. The van der Waals surface area contributed by atoms with E-state index in [0.29, 0.717) is 11.1 Å². The first kappa shape index (κ1) is 14.2. The van der Waals surface area contributed by atoms with Crippen molar-refractivity contribution in [3.05, 3.63) is 65.5 Å². The number of imidazole rings is 1. The van der Waals surface area contributed by atoms with Crippen molar-refractivity contribution in [2.45, 2.75) is 19.8 Å². The van der Waals surface area contributed by atoms with E-state index in [2.05, 4.69) is 9.97 Å². The Hall–Kier alpha value is -2.75. The van der Waals surface area contributed by atoms with Gasteiger partial charge in [0, 0.05) is 24.0 Å². The molecule has 0 radical (unpaired) electrons. The molecule has 0 spiro atoms. The Morgan fingerprint density at radius 2 is 1.82 bits per heavy atom. The lowest BCUT2D eigenvalue weighted by atomic mass is 9.98. The summed E-state index contributed by atoms with van der Waals surface area (Å²) in [6.45, 7) is 1.90. The number of fused-ring (bicyclic) bond motifs is 1. The second-order valence-corrected chi connectivity index (χ2v) is 5.30. The minimum Gasteiger partial charge on any atom is -0.345 e. The SMILES string of the molecule is Cc1ccccc1C(=O)CCC(=O)c1ccc2nc[nH]c2c1. The van der Waals surface area contributed by atoms with Crippen LogP contribution in [0, 0.1) is 6.92 Å². The molecule has 1 N–H and O–H groups in total. The van der Waals surface area contributed by atoms with Crippen LogP contribution in [-0.4, -0.2) is 21.5 Å². The van der Waals surface area contributed by atoms with Crippen molar-refractivity contribution in [1.82, 2.24) is 9.97 Å². The van der Waals surface area contributed by atoms with Crippen LogP contribution in [0.4, 0.5) is 0 Å². The van der Waals surface area contributed by atoms with Crippen molar-refractivity contribution in [1.29, 1.82) is 0 Å². The van der Waals surface area contributed by atoms with E-state index in [4.69, 9.17) is 0 Å². The third-order valence-corrected chi connectivity index (χ3v) is 3.77. The van der Waals surface area contributed by atoms with Gasteiger partial charge in [-0.05, 0) is 30.7 Å². The molecular formula is C18H16N2O2. The number of H-pyrrole nitrogens is 1.